The average molecular weight is 212 g/mol. The van der Waals surface area contributed by atoms with Crippen molar-refractivity contribution >= 4 is 0 Å². The van der Waals surface area contributed by atoms with E-state index in [-0.39, 0.29) is 6.61 Å². The number of aliphatic hydroxyl groups excluding tert-OH is 1. The van der Waals surface area contributed by atoms with Crippen LogP contribution in [-0.2, 0) is 4.74 Å². The Labute approximate surface area is 93.6 Å². The van der Waals surface area contributed by atoms with Crippen LogP contribution >= 0.6 is 0 Å². The Morgan fingerprint density at radius 3 is 2.20 bits per heavy atom. The van der Waals surface area contributed by atoms with Crippen LogP contribution in [0.2, 0.25) is 0 Å². The standard InChI is InChI=1S/C13H24O2/c1-4-7-8-9-10-11-15-13(5-2,6-3)12-14/h5-6,14H,2-4,7-12H2,1H3. The quantitative estimate of drug-likeness (QED) is 0.445. The van der Waals surface area contributed by atoms with Crippen LogP contribution in [0.3, 0.4) is 0 Å². The maximum absolute atomic E-state index is 9.15. The first kappa shape index (κ1) is 14.4. The number of hydrogen-bond acceptors (Lipinski definition) is 2. The molecule has 0 aliphatic heterocycles. The number of rotatable bonds is 10. The average Bonchev–Trinajstić information content (AvgIpc) is 2.29. The van der Waals surface area contributed by atoms with Gasteiger partial charge in [-0.25, -0.2) is 0 Å². The second kappa shape index (κ2) is 8.69. The lowest BCUT2D eigenvalue weighted by Crippen LogP contribution is -2.32. The zero-order chi connectivity index (χ0) is 11.6. The smallest absolute Gasteiger partial charge is 0.127 e. The first-order valence-corrected chi connectivity index (χ1v) is 5.76. The van der Waals surface area contributed by atoms with Crippen LogP contribution < -0.4 is 0 Å². The summed E-state index contributed by atoms with van der Waals surface area (Å²) in [6.45, 7) is 10.1. The molecule has 0 radical (unpaired) electrons. The molecule has 88 valence electrons. The molecule has 1 N–H and O–H groups in total. The minimum Gasteiger partial charge on any atom is -0.393 e. The monoisotopic (exact) mass is 212 g/mol. The summed E-state index contributed by atoms with van der Waals surface area (Å²) >= 11 is 0. The van der Waals surface area contributed by atoms with E-state index in [2.05, 4.69) is 20.1 Å². The molecule has 0 aliphatic carbocycles. The van der Waals surface area contributed by atoms with Gasteiger partial charge in [-0.05, 0) is 6.42 Å². The third-order valence-corrected chi connectivity index (χ3v) is 2.56. The van der Waals surface area contributed by atoms with Crippen LogP contribution in [0.4, 0.5) is 0 Å². The number of unbranched alkanes of at least 4 members (excludes halogenated alkanes) is 4. The molecule has 0 atom stereocenters. The molecule has 15 heavy (non-hydrogen) atoms. The van der Waals surface area contributed by atoms with Gasteiger partial charge in [0.1, 0.15) is 5.60 Å². The Kier molecular flexibility index (Phi) is 8.34. The fraction of sp³-hybridized carbons (Fsp3) is 0.692. The van der Waals surface area contributed by atoms with E-state index in [9.17, 15) is 0 Å². The summed E-state index contributed by atoms with van der Waals surface area (Å²) in [7, 11) is 0. The topological polar surface area (TPSA) is 29.5 Å². The lowest BCUT2D eigenvalue weighted by molar-refractivity contribution is -0.0129. The number of ether oxygens (including phenoxy) is 1. The minimum absolute atomic E-state index is 0.0883. The summed E-state index contributed by atoms with van der Waals surface area (Å²) in [4.78, 5) is 0. The second-order valence-corrected chi connectivity index (χ2v) is 3.78. The molecular formula is C13H24O2. The second-order valence-electron chi connectivity index (χ2n) is 3.78. The highest BCUT2D eigenvalue weighted by atomic mass is 16.5. The predicted molar refractivity (Wildman–Crippen MR) is 64.9 cm³/mol. The van der Waals surface area contributed by atoms with Gasteiger partial charge in [-0.1, -0.05) is 57.9 Å². The lowest BCUT2D eigenvalue weighted by atomic mass is 10.1. The van der Waals surface area contributed by atoms with Crippen molar-refractivity contribution in [1.29, 1.82) is 0 Å². The molecule has 0 bridgehead atoms. The van der Waals surface area contributed by atoms with E-state index >= 15 is 0 Å². The van der Waals surface area contributed by atoms with Crippen molar-refractivity contribution in [2.45, 2.75) is 44.6 Å². The molecule has 0 fully saturated rings. The Morgan fingerprint density at radius 1 is 1.13 bits per heavy atom. The van der Waals surface area contributed by atoms with Gasteiger partial charge >= 0.3 is 0 Å². The molecule has 0 aliphatic rings. The Balaban J connectivity index is 3.63. The molecule has 0 rings (SSSR count). The highest BCUT2D eigenvalue weighted by molar-refractivity contribution is 5.09. The Hall–Kier alpha value is -0.600. The summed E-state index contributed by atoms with van der Waals surface area (Å²) in [6, 6.07) is 0. The van der Waals surface area contributed by atoms with E-state index in [0.717, 1.165) is 6.42 Å². The van der Waals surface area contributed by atoms with Crippen LogP contribution in [0.1, 0.15) is 39.0 Å². The predicted octanol–water partition coefficient (Wildman–Crippen LogP) is 3.08. The molecule has 0 saturated carbocycles. The first-order valence-electron chi connectivity index (χ1n) is 5.76. The van der Waals surface area contributed by atoms with E-state index in [1.807, 2.05) is 0 Å². The molecule has 0 saturated heterocycles. The van der Waals surface area contributed by atoms with Crippen LogP contribution in [0.5, 0.6) is 0 Å². The van der Waals surface area contributed by atoms with Crippen LogP contribution in [-0.4, -0.2) is 23.9 Å². The highest BCUT2D eigenvalue weighted by Crippen LogP contribution is 2.14. The lowest BCUT2D eigenvalue weighted by Gasteiger charge is -2.24. The Bertz CT molecular complexity index is 167. The van der Waals surface area contributed by atoms with Gasteiger partial charge < -0.3 is 9.84 Å². The van der Waals surface area contributed by atoms with E-state index in [0.29, 0.717) is 6.61 Å². The van der Waals surface area contributed by atoms with Crippen LogP contribution in [0, 0.1) is 0 Å². The van der Waals surface area contributed by atoms with Gasteiger partial charge in [-0.2, -0.15) is 0 Å². The molecule has 0 aromatic carbocycles. The first-order chi connectivity index (χ1) is 7.24. The van der Waals surface area contributed by atoms with Gasteiger partial charge in [0.05, 0.1) is 6.61 Å². The highest BCUT2D eigenvalue weighted by Gasteiger charge is 2.21. The molecule has 0 heterocycles. The third-order valence-electron chi connectivity index (χ3n) is 2.56. The third kappa shape index (κ3) is 5.75. The summed E-state index contributed by atoms with van der Waals surface area (Å²) < 4.78 is 5.57. The van der Waals surface area contributed by atoms with E-state index in [1.165, 1.54) is 25.7 Å². The summed E-state index contributed by atoms with van der Waals surface area (Å²) in [5, 5.41) is 9.15. The van der Waals surface area contributed by atoms with E-state index in [1.54, 1.807) is 12.2 Å². The number of hydrogen-bond donors (Lipinski definition) is 1. The molecule has 2 heteroatoms. The largest absolute Gasteiger partial charge is 0.393 e. The van der Waals surface area contributed by atoms with Crippen LogP contribution in [0.15, 0.2) is 25.3 Å². The van der Waals surface area contributed by atoms with Gasteiger partial charge in [-0.15, -0.1) is 0 Å². The van der Waals surface area contributed by atoms with Gasteiger partial charge in [-0.3, -0.25) is 0 Å². The minimum atomic E-state index is -0.745. The van der Waals surface area contributed by atoms with E-state index < -0.39 is 5.60 Å². The van der Waals surface area contributed by atoms with Crippen molar-refractivity contribution in [3.05, 3.63) is 25.3 Å². The van der Waals surface area contributed by atoms with Gasteiger partial charge in [0.15, 0.2) is 0 Å². The summed E-state index contributed by atoms with van der Waals surface area (Å²) in [6.07, 6.45) is 9.22. The van der Waals surface area contributed by atoms with Crippen LogP contribution in [0.25, 0.3) is 0 Å². The molecule has 0 unspecified atom stereocenters. The van der Waals surface area contributed by atoms with Crippen molar-refractivity contribution < 1.29 is 9.84 Å². The molecule has 0 spiro atoms. The fourth-order valence-corrected chi connectivity index (χ4v) is 1.34. The molecule has 0 amide bonds. The van der Waals surface area contributed by atoms with Gasteiger partial charge in [0.2, 0.25) is 0 Å². The van der Waals surface area contributed by atoms with Crippen molar-refractivity contribution in [3.63, 3.8) is 0 Å². The Morgan fingerprint density at radius 2 is 1.73 bits per heavy atom. The summed E-state index contributed by atoms with van der Waals surface area (Å²) in [5.74, 6) is 0. The normalized spacial score (nSPS) is 11.3. The van der Waals surface area contributed by atoms with Gasteiger partial charge in [0.25, 0.3) is 0 Å². The van der Waals surface area contributed by atoms with Crippen molar-refractivity contribution in [1.82, 2.24) is 0 Å². The zero-order valence-electron chi connectivity index (χ0n) is 9.87. The van der Waals surface area contributed by atoms with Crippen molar-refractivity contribution in [2.75, 3.05) is 13.2 Å². The molecular weight excluding hydrogens is 188 g/mol. The maximum Gasteiger partial charge on any atom is 0.127 e. The maximum atomic E-state index is 9.15. The van der Waals surface area contributed by atoms with E-state index in [4.69, 9.17) is 9.84 Å². The number of aliphatic hydroxyl groups is 1. The summed E-state index contributed by atoms with van der Waals surface area (Å²) in [5.41, 5.74) is -0.745. The molecule has 0 aromatic rings. The zero-order valence-corrected chi connectivity index (χ0v) is 9.87. The molecule has 2 nitrogen and oxygen atoms in total. The SMILES string of the molecule is C=CC(C=C)(CO)OCCCCCCC. The fourth-order valence-electron chi connectivity index (χ4n) is 1.34. The molecule has 0 aromatic heterocycles. The van der Waals surface area contributed by atoms with Crippen molar-refractivity contribution in [3.8, 4) is 0 Å². The van der Waals surface area contributed by atoms with Gasteiger partial charge in [0, 0.05) is 6.61 Å². The van der Waals surface area contributed by atoms with Crippen molar-refractivity contribution in [2.24, 2.45) is 0 Å².